The molecule has 44 heavy (non-hydrogen) atoms. The SMILES string of the molecule is C1=Cc2cccc3cc4c(c(c23)C1)c1ccccc1n4-c1ccc(-c2cc3cccnc3c3ncccc23)c2ccccc12. The molecule has 0 fully saturated rings. The van der Waals surface area contributed by atoms with Gasteiger partial charge < -0.3 is 4.57 Å². The predicted octanol–water partition coefficient (Wildman–Crippen LogP) is 10.4. The molecule has 0 saturated carbocycles. The van der Waals surface area contributed by atoms with Crippen molar-refractivity contribution in [3.63, 3.8) is 0 Å². The van der Waals surface area contributed by atoms with Crippen LogP contribution in [0.25, 0.3) is 88.0 Å². The summed E-state index contributed by atoms with van der Waals surface area (Å²) in [7, 11) is 0. The largest absolute Gasteiger partial charge is 0.309 e. The highest BCUT2D eigenvalue weighted by molar-refractivity contribution is 6.19. The molecule has 9 aromatic rings. The minimum atomic E-state index is 0.936. The van der Waals surface area contributed by atoms with Crippen LogP contribution >= 0.6 is 0 Å². The van der Waals surface area contributed by atoms with Crippen molar-refractivity contribution < 1.29 is 0 Å². The average molecular weight is 560 g/mol. The number of aromatic nitrogens is 3. The number of hydrogen-bond acceptors (Lipinski definition) is 2. The second-order valence-electron chi connectivity index (χ2n) is 11.7. The molecule has 6 aromatic carbocycles. The number of fused-ring (bicyclic) bond motifs is 8. The fraction of sp³-hybridized carbons (Fsp3) is 0.0244. The number of para-hydroxylation sites is 1. The Balaban J connectivity index is 1.32. The third-order valence-electron chi connectivity index (χ3n) is 9.45. The van der Waals surface area contributed by atoms with Crippen LogP contribution in [0.2, 0.25) is 0 Å². The first-order valence-electron chi connectivity index (χ1n) is 15.1. The predicted molar refractivity (Wildman–Crippen MR) is 185 cm³/mol. The third-order valence-corrected chi connectivity index (χ3v) is 9.45. The molecule has 204 valence electrons. The number of pyridine rings is 2. The molecule has 3 aromatic heterocycles. The lowest BCUT2D eigenvalue weighted by atomic mass is 9.89. The maximum Gasteiger partial charge on any atom is 0.0970 e. The number of allylic oxidation sites excluding steroid dienone is 1. The van der Waals surface area contributed by atoms with E-state index in [9.17, 15) is 0 Å². The summed E-state index contributed by atoms with van der Waals surface area (Å²) in [5.41, 5.74) is 10.7. The normalized spacial score (nSPS) is 12.8. The van der Waals surface area contributed by atoms with Gasteiger partial charge in [0.25, 0.3) is 0 Å². The number of benzene rings is 6. The van der Waals surface area contributed by atoms with Gasteiger partial charge in [-0.2, -0.15) is 0 Å². The van der Waals surface area contributed by atoms with Crippen LogP contribution in [-0.4, -0.2) is 14.5 Å². The first kappa shape index (κ1) is 23.7. The molecular weight excluding hydrogens is 534 g/mol. The zero-order valence-corrected chi connectivity index (χ0v) is 23.8. The zero-order chi connectivity index (χ0) is 28.8. The topological polar surface area (TPSA) is 30.7 Å². The zero-order valence-electron chi connectivity index (χ0n) is 23.8. The molecule has 1 aliphatic carbocycles. The monoisotopic (exact) mass is 559 g/mol. The van der Waals surface area contributed by atoms with Crippen molar-refractivity contribution in [2.24, 2.45) is 0 Å². The Morgan fingerprint density at radius 1 is 0.523 bits per heavy atom. The Hall–Kier alpha value is -5.80. The van der Waals surface area contributed by atoms with Gasteiger partial charge in [0, 0.05) is 39.3 Å². The van der Waals surface area contributed by atoms with Crippen molar-refractivity contribution >= 4 is 71.2 Å². The number of hydrogen-bond donors (Lipinski definition) is 0. The lowest BCUT2D eigenvalue weighted by Crippen LogP contribution is -1.98. The van der Waals surface area contributed by atoms with Gasteiger partial charge in [-0.05, 0) is 81.2 Å². The second kappa shape index (κ2) is 8.85. The van der Waals surface area contributed by atoms with E-state index in [2.05, 4.69) is 125 Å². The summed E-state index contributed by atoms with van der Waals surface area (Å²) in [6.07, 6.45) is 9.23. The van der Waals surface area contributed by atoms with Gasteiger partial charge in [0.2, 0.25) is 0 Å². The van der Waals surface area contributed by atoms with E-state index in [4.69, 9.17) is 4.98 Å². The van der Waals surface area contributed by atoms with Gasteiger partial charge in [-0.1, -0.05) is 91.0 Å². The highest BCUT2D eigenvalue weighted by Gasteiger charge is 2.21. The summed E-state index contributed by atoms with van der Waals surface area (Å²) in [5.74, 6) is 0. The van der Waals surface area contributed by atoms with Crippen molar-refractivity contribution in [2.75, 3.05) is 0 Å². The Morgan fingerprint density at radius 2 is 1.30 bits per heavy atom. The van der Waals surface area contributed by atoms with Crippen LogP contribution in [0.3, 0.4) is 0 Å². The molecule has 0 aliphatic heterocycles. The van der Waals surface area contributed by atoms with E-state index in [0.29, 0.717) is 0 Å². The van der Waals surface area contributed by atoms with Crippen LogP contribution in [0.1, 0.15) is 11.1 Å². The molecular formula is C41H25N3. The molecule has 0 N–H and O–H groups in total. The lowest BCUT2D eigenvalue weighted by molar-refractivity contribution is 1.20. The Bertz CT molecular complexity index is 2690. The Labute approximate surface area is 253 Å². The fourth-order valence-corrected chi connectivity index (χ4v) is 7.66. The van der Waals surface area contributed by atoms with Gasteiger partial charge in [0.15, 0.2) is 0 Å². The van der Waals surface area contributed by atoms with Crippen molar-refractivity contribution in [2.45, 2.75) is 6.42 Å². The second-order valence-corrected chi connectivity index (χ2v) is 11.7. The molecule has 10 rings (SSSR count). The highest BCUT2D eigenvalue weighted by Crippen LogP contribution is 2.44. The summed E-state index contributed by atoms with van der Waals surface area (Å²) in [6, 6.07) is 42.0. The van der Waals surface area contributed by atoms with E-state index in [-0.39, 0.29) is 0 Å². The lowest BCUT2D eigenvalue weighted by Gasteiger charge is -2.18. The molecule has 0 radical (unpaired) electrons. The van der Waals surface area contributed by atoms with E-state index < -0.39 is 0 Å². The van der Waals surface area contributed by atoms with Gasteiger partial charge >= 0.3 is 0 Å². The number of nitrogens with zero attached hydrogens (tertiary/aromatic N) is 3. The maximum absolute atomic E-state index is 4.78. The Morgan fingerprint density at radius 3 is 2.23 bits per heavy atom. The van der Waals surface area contributed by atoms with E-state index >= 15 is 0 Å². The summed E-state index contributed by atoms with van der Waals surface area (Å²) >= 11 is 0. The molecule has 3 nitrogen and oxygen atoms in total. The van der Waals surface area contributed by atoms with Crippen molar-refractivity contribution in [1.82, 2.24) is 14.5 Å². The van der Waals surface area contributed by atoms with Crippen molar-refractivity contribution in [3.8, 4) is 16.8 Å². The quantitative estimate of drug-likeness (QED) is 0.197. The maximum atomic E-state index is 4.78. The summed E-state index contributed by atoms with van der Waals surface area (Å²) < 4.78 is 2.49. The fourth-order valence-electron chi connectivity index (χ4n) is 7.66. The summed E-state index contributed by atoms with van der Waals surface area (Å²) in [4.78, 5) is 9.47. The molecule has 3 heterocycles. The molecule has 1 aliphatic rings. The standard InChI is InChI=1S/C41H25N3/c1-2-14-30-28(13-1)29(34-23-27-12-7-21-42-40(27)41-31(34)17-8-22-43-41)19-20-36(30)44-35-18-4-3-15-32(35)39-33-16-6-10-25-9-5-11-26(38(25)33)24-37(39)44/h1-15,17-24H,16H2. The van der Waals surface area contributed by atoms with Crippen LogP contribution in [0.15, 0.2) is 134 Å². The highest BCUT2D eigenvalue weighted by atomic mass is 15.0. The molecule has 0 atom stereocenters. The van der Waals surface area contributed by atoms with E-state index in [1.807, 2.05) is 24.5 Å². The third kappa shape index (κ3) is 3.16. The molecule has 3 heteroatoms. The van der Waals surface area contributed by atoms with Crippen molar-refractivity contribution in [3.05, 3.63) is 145 Å². The average Bonchev–Trinajstić information content (AvgIpc) is 3.42. The molecule has 0 amide bonds. The van der Waals surface area contributed by atoms with Crippen LogP contribution in [0, 0.1) is 0 Å². The minimum Gasteiger partial charge on any atom is -0.309 e. The van der Waals surface area contributed by atoms with Gasteiger partial charge in [-0.15, -0.1) is 0 Å². The van der Waals surface area contributed by atoms with Crippen LogP contribution in [0.4, 0.5) is 0 Å². The van der Waals surface area contributed by atoms with Crippen LogP contribution in [-0.2, 0) is 6.42 Å². The van der Waals surface area contributed by atoms with Crippen LogP contribution in [0.5, 0.6) is 0 Å². The van der Waals surface area contributed by atoms with Gasteiger partial charge in [0.05, 0.1) is 27.8 Å². The van der Waals surface area contributed by atoms with Crippen molar-refractivity contribution in [1.29, 1.82) is 0 Å². The first-order chi connectivity index (χ1) is 21.8. The smallest absolute Gasteiger partial charge is 0.0970 e. The van der Waals surface area contributed by atoms with Crippen LogP contribution < -0.4 is 0 Å². The van der Waals surface area contributed by atoms with E-state index in [1.165, 1.54) is 71.3 Å². The molecule has 0 saturated heterocycles. The van der Waals surface area contributed by atoms with E-state index in [0.717, 1.165) is 28.2 Å². The molecule has 0 unspecified atom stereocenters. The Kier molecular flexibility index (Phi) is 4.77. The van der Waals surface area contributed by atoms with E-state index in [1.54, 1.807) is 0 Å². The summed E-state index contributed by atoms with van der Waals surface area (Å²) in [6.45, 7) is 0. The summed E-state index contributed by atoms with van der Waals surface area (Å²) in [5, 5.41) is 9.99. The first-order valence-corrected chi connectivity index (χ1v) is 15.1. The minimum absolute atomic E-state index is 0.936. The molecule has 0 spiro atoms. The number of rotatable bonds is 2. The van der Waals surface area contributed by atoms with Gasteiger partial charge in [0.1, 0.15) is 0 Å². The van der Waals surface area contributed by atoms with Gasteiger partial charge in [-0.3, -0.25) is 9.97 Å². The molecule has 0 bridgehead atoms. The van der Waals surface area contributed by atoms with Gasteiger partial charge in [-0.25, -0.2) is 0 Å².